The van der Waals surface area contributed by atoms with Crippen LogP contribution in [0.2, 0.25) is 0 Å². The van der Waals surface area contributed by atoms with E-state index in [0.717, 1.165) is 52.0 Å². The maximum Gasteiger partial charge on any atom is 0.294 e. The van der Waals surface area contributed by atoms with E-state index in [4.69, 9.17) is 0 Å². The number of rotatable bonds is 6. The van der Waals surface area contributed by atoms with Gasteiger partial charge in [-0.15, -0.1) is 0 Å². The number of amides is 3. The first-order valence-electron chi connectivity index (χ1n) is 10.8. The molecular formula is C25H27N3O3S. The van der Waals surface area contributed by atoms with Gasteiger partial charge in [-0.05, 0) is 73.4 Å². The molecule has 166 valence electrons. The van der Waals surface area contributed by atoms with Crippen molar-refractivity contribution in [2.24, 2.45) is 0 Å². The predicted octanol–water partition coefficient (Wildman–Crippen LogP) is 4.26. The van der Waals surface area contributed by atoms with Gasteiger partial charge in [0.05, 0.1) is 4.91 Å². The fourth-order valence-corrected chi connectivity index (χ4v) is 4.81. The second kappa shape index (κ2) is 9.61. The second-order valence-corrected chi connectivity index (χ2v) is 9.26. The van der Waals surface area contributed by atoms with Crippen molar-refractivity contribution in [2.45, 2.75) is 33.2 Å². The molecule has 2 heterocycles. The molecule has 0 unspecified atom stereocenters. The summed E-state index contributed by atoms with van der Waals surface area (Å²) in [6.45, 7) is 6.29. The Balaban J connectivity index is 1.38. The Morgan fingerprint density at radius 2 is 1.78 bits per heavy atom. The SMILES string of the molecule is Cc1ccc(CNC(=O)CN2C(=O)S/C(=C\c3ccc(N4CCCC4)c(C)c3)C2=O)cc1. The highest BCUT2D eigenvalue weighted by atomic mass is 32.2. The third kappa shape index (κ3) is 5.05. The van der Waals surface area contributed by atoms with Crippen molar-refractivity contribution in [3.05, 3.63) is 69.6 Å². The van der Waals surface area contributed by atoms with Gasteiger partial charge >= 0.3 is 0 Å². The average molecular weight is 450 g/mol. The van der Waals surface area contributed by atoms with Crippen LogP contribution in [0.15, 0.2) is 47.4 Å². The Kier molecular flexibility index (Phi) is 6.65. The first-order chi connectivity index (χ1) is 15.4. The van der Waals surface area contributed by atoms with E-state index in [2.05, 4.69) is 23.2 Å². The number of carbonyl (C=O) groups is 3. The Morgan fingerprint density at radius 3 is 2.47 bits per heavy atom. The lowest BCUT2D eigenvalue weighted by Crippen LogP contribution is -2.39. The Morgan fingerprint density at radius 1 is 1.06 bits per heavy atom. The highest BCUT2D eigenvalue weighted by molar-refractivity contribution is 8.18. The minimum absolute atomic E-state index is 0.277. The molecule has 1 N–H and O–H groups in total. The standard InChI is InChI=1S/C25H27N3O3S/c1-17-5-7-19(8-6-17)15-26-23(29)16-28-24(30)22(32-25(28)31)14-20-9-10-21(18(2)13-20)27-11-3-4-12-27/h5-10,13-14H,3-4,11-12,15-16H2,1-2H3,(H,26,29)/b22-14-. The molecule has 7 heteroatoms. The van der Waals surface area contributed by atoms with Gasteiger partial charge in [-0.3, -0.25) is 19.3 Å². The lowest BCUT2D eigenvalue weighted by molar-refractivity contribution is -0.129. The summed E-state index contributed by atoms with van der Waals surface area (Å²) >= 11 is 0.878. The molecular weight excluding hydrogens is 422 g/mol. The van der Waals surface area contributed by atoms with Gasteiger partial charge in [0.1, 0.15) is 6.54 Å². The number of nitrogens with one attached hydrogen (secondary N) is 1. The lowest BCUT2D eigenvalue weighted by Gasteiger charge is -2.20. The third-order valence-electron chi connectivity index (χ3n) is 5.75. The topological polar surface area (TPSA) is 69.7 Å². The van der Waals surface area contributed by atoms with Crippen molar-refractivity contribution in [1.29, 1.82) is 0 Å². The summed E-state index contributed by atoms with van der Waals surface area (Å²) in [4.78, 5) is 41.2. The van der Waals surface area contributed by atoms with Crippen LogP contribution < -0.4 is 10.2 Å². The number of thioether (sulfide) groups is 1. The molecule has 0 saturated carbocycles. The molecule has 0 atom stereocenters. The summed E-state index contributed by atoms with van der Waals surface area (Å²) in [5.41, 5.74) is 5.35. The van der Waals surface area contributed by atoms with Gasteiger partial charge in [0.25, 0.3) is 11.1 Å². The van der Waals surface area contributed by atoms with Crippen LogP contribution in [0, 0.1) is 13.8 Å². The molecule has 2 aromatic carbocycles. The molecule has 32 heavy (non-hydrogen) atoms. The summed E-state index contributed by atoms with van der Waals surface area (Å²) in [7, 11) is 0. The molecule has 0 aliphatic carbocycles. The Hall–Kier alpha value is -3.06. The van der Waals surface area contributed by atoms with Crippen molar-refractivity contribution < 1.29 is 14.4 Å². The summed E-state index contributed by atoms with van der Waals surface area (Å²) in [6, 6.07) is 13.9. The largest absolute Gasteiger partial charge is 0.371 e. The molecule has 0 aromatic heterocycles. The van der Waals surface area contributed by atoms with E-state index in [0.29, 0.717) is 11.4 Å². The first-order valence-corrected chi connectivity index (χ1v) is 11.7. The van der Waals surface area contributed by atoms with Crippen molar-refractivity contribution in [3.63, 3.8) is 0 Å². The number of benzene rings is 2. The van der Waals surface area contributed by atoms with E-state index >= 15 is 0 Å². The van der Waals surface area contributed by atoms with Gasteiger partial charge in [0, 0.05) is 25.3 Å². The van der Waals surface area contributed by atoms with Crippen LogP contribution in [0.5, 0.6) is 0 Å². The number of nitrogens with zero attached hydrogens (tertiary/aromatic N) is 2. The molecule has 3 amide bonds. The van der Waals surface area contributed by atoms with Crippen molar-refractivity contribution in [1.82, 2.24) is 10.2 Å². The number of carbonyl (C=O) groups excluding carboxylic acids is 3. The van der Waals surface area contributed by atoms with Gasteiger partial charge in [-0.25, -0.2) is 0 Å². The molecule has 2 fully saturated rings. The van der Waals surface area contributed by atoms with Crippen LogP contribution in [0.4, 0.5) is 10.5 Å². The number of anilines is 1. The molecule has 2 aliphatic rings. The molecule has 0 spiro atoms. The molecule has 0 bridgehead atoms. The van der Waals surface area contributed by atoms with Crippen LogP contribution in [-0.2, 0) is 16.1 Å². The highest BCUT2D eigenvalue weighted by Crippen LogP contribution is 2.33. The number of aryl methyl sites for hydroxylation is 2. The fraction of sp³-hybridized carbons (Fsp3) is 0.320. The normalized spacial score (nSPS) is 17.5. The van der Waals surface area contributed by atoms with Crippen molar-refractivity contribution >= 4 is 40.6 Å². The zero-order chi connectivity index (χ0) is 22.7. The average Bonchev–Trinajstić information content (AvgIpc) is 3.38. The Labute approximate surface area is 192 Å². The number of hydrogen-bond donors (Lipinski definition) is 1. The molecule has 6 nitrogen and oxygen atoms in total. The van der Waals surface area contributed by atoms with E-state index in [1.807, 2.05) is 43.3 Å². The van der Waals surface area contributed by atoms with E-state index in [1.54, 1.807) is 6.08 Å². The van der Waals surface area contributed by atoms with Gasteiger partial charge in [-0.1, -0.05) is 35.9 Å². The van der Waals surface area contributed by atoms with Crippen LogP contribution >= 0.6 is 11.8 Å². The zero-order valence-electron chi connectivity index (χ0n) is 18.4. The molecule has 2 aromatic rings. The monoisotopic (exact) mass is 449 g/mol. The van der Waals surface area contributed by atoms with Gasteiger partial charge in [0.15, 0.2) is 0 Å². The maximum atomic E-state index is 12.8. The first kappa shape index (κ1) is 22.1. The van der Waals surface area contributed by atoms with Crippen molar-refractivity contribution in [3.8, 4) is 0 Å². The van der Waals surface area contributed by atoms with E-state index in [9.17, 15) is 14.4 Å². The second-order valence-electron chi connectivity index (χ2n) is 8.27. The molecule has 2 saturated heterocycles. The predicted molar refractivity (Wildman–Crippen MR) is 128 cm³/mol. The number of hydrogen-bond acceptors (Lipinski definition) is 5. The van der Waals surface area contributed by atoms with Crippen LogP contribution in [-0.4, -0.2) is 41.6 Å². The number of imide groups is 1. The third-order valence-corrected chi connectivity index (χ3v) is 6.66. The lowest BCUT2D eigenvalue weighted by atomic mass is 10.1. The quantitative estimate of drug-likeness (QED) is 0.668. The van der Waals surface area contributed by atoms with E-state index in [1.165, 1.54) is 18.5 Å². The minimum Gasteiger partial charge on any atom is -0.371 e. The summed E-state index contributed by atoms with van der Waals surface area (Å²) in [6.07, 6.45) is 4.16. The smallest absolute Gasteiger partial charge is 0.294 e. The maximum absolute atomic E-state index is 12.8. The van der Waals surface area contributed by atoms with E-state index in [-0.39, 0.29) is 12.5 Å². The molecule has 4 rings (SSSR count). The van der Waals surface area contributed by atoms with E-state index < -0.39 is 11.1 Å². The van der Waals surface area contributed by atoms with Crippen LogP contribution in [0.25, 0.3) is 6.08 Å². The zero-order valence-corrected chi connectivity index (χ0v) is 19.2. The fourth-order valence-electron chi connectivity index (χ4n) is 3.98. The molecule has 0 radical (unpaired) electrons. The summed E-state index contributed by atoms with van der Waals surface area (Å²) < 4.78 is 0. The van der Waals surface area contributed by atoms with Gasteiger partial charge in [0.2, 0.25) is 5.91 Å². The van der Waals surface area contributed by atoms with Crippen LogP contribution in [0.3, 0.4) is 0 Å². The van der Waals surface area contributed by atoms with Gasteiger partial charge in [-0.2, -0.15) is 0 Å². The van der Waals surface area contributed by atoms with Gasteiger partial charge < -0.3 is 10.2 Å². The Bertz CT molecular complexity index is 1070. The minimum atomic E-state index is -0.424. The summed E-state index contributed by atoms with van der Waals surface area (Å²) in [5.74, 6) is -0.785. The summed E-state index contributed by atoms with van der Waals surface area (Å²) in [5, 5.41) is 2.35. The van der Waals surface area contributed by atoms with Crippen molar-refractivity contribution in [2.75, 3.05) is 24.5 Å². The van der Waals surface area contributed by atoms with Crippen LogP contribution in [0.1, 0.15) is 35.1 Å². The molecule has 2 aliphatic heterocycles. The highest BCUT2D eigenvalue weighted by Gasteiger charge is 2.36.